The second-order valence-corrected chi connectivity index (χ2v) is 4.57. The van der Waals surface area contributed by atoms with Crippen LogP contribution in [-0.2, 0) is 4.74 Å². The van der Waals surface area contributed by atoms with Crippen molar-refractivity contribution in [3.05, 3.63) is 12.2 Å². The molecule has 0 spiro atoms. The number of allylic oxidation sites excluding steroid dienone is 2. The Labute approximate surface area is 73.8 Å². The van der Waals surface area contributed by atoms with Crippen LogP contribution in [0.2, 0.25) is 0 Å². The summed E-state index contributed by atoms with van der Waals surface area (Å²) in [5, 5.41) is 0. The molecule has 0 unspecified atom stereocenters. The minimum Gasteiger partial charge on any atom is -0.381 e. The van der Waals surface area contributed by atoms with Crippen molar-refractivity contribution < 1.29 is 4.74 Å². The lowest BCUT2D eigenvalue weighted by Gasteiger charge is -2.30. The van der Waals surface area contributed by atoms with Gasteiger partial charge < -0.3 is 4.74 Å². The van der Waals surface area contributed by atoms with Gasteiger partial charge in [0.2, 0.25) is 0 Å². The first-order valence-electron chi connectivity index (χ1n) is 5.09. The summed E-state index contributed by atoms with van der Waals surface area (Å²) in [4.78, 5) is 0. The van der Waals surface area contributed by atoms with Gasteiger partial charge in [-0.1, -0.05) is 12.2 Å². The van der Waals surface area contributed by atoms with Gasteiger partial charge in [-0.2, -0.15) is 0 Å². The van der Waals surface area contributed by atoms with Crippen molar-refractivity contribution in [3.8, 4) is 0 Å². The Morgan fingerprint density at radius 2 is 2.17 bits per heavy atom. The van der Waals surface area contributed by atoms with Crippen molar-refractivity contribution in [2.45, 2.75) is 25.4 Å². The van der Waals surface area contributed by atoms with Crippen molar-refractivity contribution in [2.75, 3.05) is 7.11 Å². The zero-order valence-electron chi connectivity index (χ0n) is 7.57. The molecule has 0 heterocycles. The van der Waals surface area contributed by atoms with Gasteiger partial charge in [0.1, 0.15) is 0 Å². The van der Waals surface area contributed by atoms with E-state index in [4.69, 9.17) is 4.74 Å². The molecular formula is C11H16O. The lowest BCUT2D eigenvalue weighted by Crippen LogP contribution is -2.29. The predicted molar refractivity (Wildman–Crippen MR) is 47.7 cm³/mol. The summed E-state index contributed by atoms with van der Waals surface area (Å²) in [6.07, 6.45) is 9.54. The summed E-state index contributed by atoms with van der Waals surface area (Å²) in [6, 6.07) is 0. The molecule has 66 valence electrons. The van der Waals surface area contributed by atoms with Crippen LogP contribution in [0.25, 0.3) is 0 Å². The molecule has 2 saturated carbocycles. The molecule has 12 heavy (non-hydrogen) atoms. The first kappa shape index (κ1) is 7.14. The van der Waals surface area contributed by atoms with Crippen molar-refractivity contribution in [1.82, 2.24) is 0 Å². The van der Waals surface area contributed by atoms with Gasteiger partial charge in [-0.25, -0.2) is 0 Å². The first-order chi connectivity index (χ1) is 5.90. The summed E-state index contributed by atoms with van der Waals surface area (Å²) in [6.45, 7) is 0. The van der Waals surface area contributed by atoms with E-state index < -0.39 is 0 Å². The van der Waals surface area contributed by atoms with Gasteiger partial charge in [0.15, 0.2) is 0 Å². The highest BCUT2D eigenvalue weighted by atomic mass is 16.5. The summed E-state index contributed by atoms with van der Waals surface area (Å²) in [5.41, 5.74) is 0. The van der Waals surface area contributed by atoms with Gasteiger partial charge in [0, 0.05) is 7.11 Å². The Morgan fingerprint density at radius 1 is 1.25 bits per heavy atom. The molecule has 0 aromatic carbocycles. The van der Waals surface area contributed by atoms with E-state index in [1.165, 1.54) is 19.3 Å². The van der Waals surface area contributed by atoms with Crippen LogP contribution in [0.1, 0.15) is 19.3 Å². The minimum atomic E-state index is 0.582. The van der Waals surface area contributed by atoms with Gasteiger partial charge in [0.05, 0.1) is 6.10 Å². The van der Waals surface area contributed by atoms with Gasteiger partial charge in [-0.15, -0.1) is 0 Å². The lowest BCUT2D eigenvalue weighted by atomic mass is 9.80. The van der Waals surface area contributed by atoms with Crippen molar-refractivity contribution in [2.24, 2.45) is 23.7 Å². The van der Waals surface area contributed by atoms with E-state index in [9.17, 15) is 0 Å². The summed E-state index contributed by atoms with van der Waals surface area (Å²) in [5.74, 6) is 3.73. The number of rotatable bonds is 1. The molecule has 0 aliphatic heterocycles. The molecular weight excluding hydrogens is 148 g/mol. The van der Waals surface area contributed by atoms with Crippen LogP contribution in [0.5, 0.6) is 0 Å². The van der Waals surface area contributed by atoms with Crippen molar-refractivity contribution >= 4 is 0 Å². The van der Waals surface area contributed by atoms with Crippen LogP contribution < -0.4 is 0 Å². The summed E-state index contributed by atoms with van der Waals surface area (Å²) < 4.78 is 5.52. The predicted octanol–water partition coefficient (Wildman–Crippen LogP) is 2.23. The number of hydrogen-bond donors (Lipinski definition) is 0. The third-order valence-electron chi connectivity index (χ3n) is 4.25. The largest absolute Gasteiger partial charge is 0.381 e. The van der Waals surface area contributed by atoms with Crippen molar-refractivity contribution in [3.63, 3.8) is 0 Å². The molecule has 3 aliphatic rings. The van der Waals surface area contributed by atoms with Gasteiger partial charge in [-0.05, 0) is 42.9 Å². The molecule has 2 fully saturated rings. The highest BCUT2D eigenvalue weighted by Gasteiger charge is 2.52. The van der Waals surface area contributed by atoms with E-state index in [1.807, 2.05) is 7.11 Å². The molecule has 0 amide bonds. The van der Waals surface area contributed by atoms with Crippen LogP contribution in [0, 0.1) is 23.7 Å². The van der Waals surface area contributed by atoms with Crippen LogP contribution in [0.4, 0.5) is 0 Å². The molecule has 2 bridgehead atoms. The zero-order valence-corrected chi connectivity index (χ0v) is 7.57. The molecule has 1 heteroatoms. The average Bonchev–Trinajstić information content (AvgIpc) is 2.75. The Hall–Kier alpha value is -0.300. The number of methoxy groups -OCH3 is 1. The van der Waals surface area contributed by atoms with Crippen LogP contribution >= 0.6 is 0 Å². The quantitative estimate of drug-likeness (QED) is 0.540. The summed E-state index contributed by atoms with van der Waals surface area (Å²) >= 11 is 0. The van der Waals surface area contributed by atoms with Crippen LogP contribution in [0.15, 0.2) is 12.2 Å². The number of fused-ring (bicyclic) bond motifs is 5. The van der Waals surface area contributed by atoms with E-state index in [2.05, 4.69) is 12.2 Å². The zero-order chi connectivity index (χ0) is 8.13. The molecule has 0 saturated heterocycles. The van der Waals surface area contributed by atoms with E-state index >= 15 is 0 Å². The summed E-state index contributed by atoms with van der Waals surface area (Å²) in [7, 11) is 1.87. The molecule has 0 aromatic heterocycles. The molecule has 0 aromatic rings. The van der Waals surface area contributed by atoms with E-state index in [0.29, 0.717) is 6.10 Å². The molecule has 3 aliphatic carbocycles. The third-order valence-corrected chi connectivity index (χ3v) is 4.25. The molecule has 5 atom stereocenters. The maximum absolute atomic E-state index is 5.52. The van der Waals surface area contributed by atoms with E-state index in [1.54, 1.807) is 0 Å². The number of ether oxygens (including phenoxy) is 1. The first-order valence-corrected chi connectivity index (χ1v) is 5.09. The SMILES string of the molecule is CO[C@@H]1C[C@@H]2C[C@H]1[C@H]1C=CC[C@H]21. The van der Waals surface area contributed by atoms with Gasteiger partial charge in [0.25, 0.3) is 0 Å². The van der Waals surface area contributed by atoms with Crippen LogP contribution in [-0.4, -0.2) is 13.2 Å². The van der Waals surface area contributed by atoms with Crippen LogP contribution in [0.3, 0.4) is 0 Å². The average molecular weight is 164 g/mol. The lowest BCUT2D eigenvalue weighted by molar-refractivity contribution is 0.0300. The molecule has 1 nitrogen and oxygen atoms in total. The molecule has 0 radical (unpaired) electrons. The Balaban J connectivity index is 1.87. The Kier molecular flexibility index (Phi) is 1.40. The standard InChI is InChI=1S/C11H16O/c1-12-11-6-7-5-10(11)9-4-2-3-8(7)9/h2,4,7-11H,3,5-6H2,1H3/t7-,8+,9-,10-,11+/m0/s1. The second-order valence-electron chi connectivity index (χ2n) is 4.57. The molecule has 3 rings (SSSR count). The normalized spacial score (nSPS) is 54.9. The maximum atomic E-state index is 5.52. The maximum Gasteiger partial charge on any atom is 0.0608 e. The Bertz CT molecular complexity index is 221. The smallest absolute Gasteiger partial charge is 0.0608 e. The fourth-order valence-electron chi connectivity index (χ4n) is 3.76. The topological polar surface area (TPSA) is 9.23 Å². The van der Waals surface area contributed by atoms with Crippen molar-refractivity contribution in [1.29, 1.82) is 0 Å². The highest BCUT2D eigenvalue weighted by molar-refractivity contribution is 5.14. The highest BCUT2D eigenvalue weighted by Crippen LogP contribution is 2.56. The number of hydrogen-bond acceptors (Lipinski definition) is 1. The molecule has 0 N–H and O–H groups in total. The minimum absolute atomic E-state index is 0.582. The van der Waals surface area contributed by atoms with Gasteiger partial charge >= 0.3 is 0 Å². The second kappa shape index (κ2) is 2.35. The van der Waals surface area contributed by atoms with Gasteiger partial charge in [-0.3, -0.25) is 0 Å². The Morgan fingerprint density at radius 3 is 3.00 bits per heavy atom. The monoisotopic (exact) mass is 164 g/mol. The van der Waals surface area contributed by atoms with E-state index in [0.717, 1.165) is 23.7 Å². The van der Waals surface area contributed by atoms with E-state index in [-0.39, 0.29) is 0 Å². The fraction of sp³-hybridized carbons (Fsp3) is 0.818. The fourth-order valence-corrected chi connectivity index (χ4v) is 3.76. The third kappa shape index (κ3) is 0.731.